The largest absolute Gasteiger partial charge is 0.366 e. The summed E-state index contributed by atoms with van der Waals surface area (Å²) >= 11 is 0. The zero-order valence-corrected chi connectivity index (χ0v) is 13.0. The predicted molar refractivity (Wildman–Crippen MR) is 94.6 cm³/mol. The van der Waals surface area contributed by atoms with Crippen LogP contribution in [0.2, 0.25) is 0 Å². The minimum atomic E-state index is -0.453. The van der Waals surface area contributed by atoms with Crippen LogP contribution in [0.15, 0.2) is 71.5 Å². The second-order valence-corrected chi connectivity index (χ2v) is 5.48. The normalized spacial score (nSPS) is 10.5. The molecule has 0 saturated heterocycles. The van der Waals surface area contributed by atoms with Gasteiger partial charge in [-0.1, -0.05) is 48.5 Å². The molecule has 1 heterocycles. The molecule has 0 bridgehead atoms. The number of hydrogen-bond acceptors (Lipinski definition) is 2. The lowest BCUT2D eigenvalue weighted by Gasteiger charge is -2.08. The summed E-state index contributed by atoms with van der Waals surface area (Å²) in [4.78, 5) is 26.2. The van der Waals surface area contributed by atoms with E-state index in [4.69, 9.17) is 5.73 Å². The van der Waals surface area contributed by atoms with E-state index >= 15 is 0 Å². The maximum Gasteiger partial charge on any atom is 0.248 e. The lowest BCUT2D eigenvalue weighted by atomic mass is 10.00. The third-order valence-electron chi connectivity index (χ3n) is 3.80. The number of aromatic amines is 1. The number of hydrogen-bond donors (Lipinski definition) is 2. The quantitative estimate of drug-likeness (QED) is 0.759. The Morgan fingerprint density at radius 1 is 0.958 bits per heavy atom. The molecule has 3 rings (SSSR count). The fourth-order valence-corrected chi connectivity index (χ4v) is 2.63. The van der Waals surface area contributed by atoms with Gasteiger partial charge in [-0.25, -0.2) is 0 Å². The number of amides is 1. The molecule has 0 unspecified atom stereocenters. The summed E-state index contributed by atoms with van der Waals surface area (Å²) in [7, 11) is 0. The Balaban J connectivity index is 1.85. The second-order valence-electron chi connectivity index (χ2n) is 5.48. The number of carbonyl (C=O) groups is 1. The maximum absolute atomic E-state index is 11.9. The molecule has 1 amide bonds. The Morgan fingerprint density at radius 3 is 2.42 bits per heavy atom. The van der Waals surface area contributed by atoms with Crippen molar-refractivity contribution in [2.24, 2.45) is 5.73 Å². The summed E-state index contributed by atoms with van der Waals surface area (Å²) in [6.07, 6.45) is 2.39. The fraction of sp³-hybridized carbons (Fsp3) is 0.0500. The smallest absolute Gasteiger partial charge is 0.248 e. The minimum Gasteiger partial charge on any atom is -0.366 e. The molecule has 0 aliphatic heterocycles. The van der Waals surface area contributed by atoms with Crippen molar-refractivity contribution in [3.05, 3.63) is 100 Å². The fourth-order valence-electron chi connectivity index (χ4n) is 2.63. The molecule has 0 spiro atoms. The number of primary amides is 1. The predicted octanol–water partition coefficient (Wildman–Crippen LogP) is 2.94. The van der Waals surface area contributed by atoms with Gasteiger partial charge in [-0.2, -0.15) is 0 Å². The van der Waals surface area contributed by atoms with Crippen molar-refractivity contribution in [1.82, 2.24) is 4.98 Å². The van der Waals surface area contributed by atoms with Gasteiger partial charge in [-0.05, 0) is 35.2 Å². The number of aromatic nitrogens is 1. The van der Waals surface area contributed by atoms with Gasteiger partial charge < -0.3 is 10.7 Å². The molecule has 0 fully saturated rings. The number of carbonyl (C=O) groups excluding carboxylic acids is 1. The van der Waals surface area contributed by atoms with Crippen molar-refractivity contribution in [3.63, 3.8) is 0 Å². The third-order valence-corrected chi connectivity index (χ3v) is 3.80. The molecule has 0 saturated carbocycles. The number of benzene rings is 2. The summed E-state index contributed by atoms with van der Waals surface area (Å²) in [5.74, 6) is -0.453. The van der Waals surface area contributed by atoms with Crippen LogP contribution in [-0.2, 0) is 6.42 Å². The lowest BCUT2D eigenvalue weighted by Crippen LogP contribution is -2.14. The summed E-state index contributed by atoms with van der Waals surface area (Å²) in [5, 5.41) is 0. The lowest BCUT2D eigenvalue weighted by molar-refractivity contribution is 0.0999. The Labute approximate surface area is 140 Å². The Morgan fingerprint density at radius 2 is 1.67 bits per heavy atom. The summed E-state index contributed by atoms with van der Waals surface area (Å²) in [6.45, 7) is 0. The Bertz CT molecular complexity index is 914. The van der Waals surface area contributed by atoms with E-state index in [9.17, 15) is 9.59 Å². The first kappa shape index (κ1) is 15.7. The first-order chi connectivity index (χ1) is 11.6. The number of pyridine rings is 1. The van der Waals surface area contributed by atoms with Crippen molar-refractivity contribution in [3.8, 4) is 11.1 Å². The minimum absolute atomic E-state index is 0.161. The Kier molecular flexibility index (Phi) is 4.57. The highest BCUT2D eigenvalue weighted by atomic mass is 16.1. The van der Waals surface area contributed by atoms with Crippen molar-refractivity contribution < 1.29 is 4.79 Å². The molecule has 1 radical (unpaired) electrons. The Hall–Kier alpha value is -3.14. The zero-order chi connectivity index (χ0) is 16.9. The zero-order valence-electron chi connectivity index (χ0n) is 13.0. The van der Waals surface area contributed by atoms with Gasteiger partial charge in [0.1, 0.15) is 0 Å². The number of H-pyrrole nitrogens is 1. The summed E-state index contributed by atoms with van der Waals surface area (Å²) in [5.41, 5.74) is 9.11. The molecule has 0 aliphatic rings. The van der Waals surface area contributed by atoms with E-state index in [0.717, 1.165) is 16.7 Å². The standard InChI is InChI=1S/C20H17N2O2/c21-20(24)18-9-5-4-8-15(18)10-11-17-12-16(13-19(23)22-17)14-6-2-1-3-7-14/h1-9,11-13H,10H2,(H2,21,24)(H,22,23). The van der Waals surface area contributed by atoms with E-state index < -0.39 is 5.91 Å². The number of nitrogens with two attached hydrogens (primary N) is 1. The van der Waals surface area contributed by atoms with Crippen LogP contribution >= 0.6 is 0 Å². The highest BCUT2D eigenvalue weighted by molar-refractivity contribution is 5.94. The topological polar surface area (TPSA) is 76.0 Å². The van der Waals surface area contributed by atoms with Gasteiger partial charge in [-0.3, -0.25) is 9.59 Å². The van der Waals surface area contributed by atoms with Crippen LogP contribution in [0.1, 0.15) is 21.6 Å². The van der Waals surface area contributed by atoms with Gasteiger partial charge in [0, 0.05) is 23.7 Å². The van der Waals surface area contributed by atoms with E-state index in [1.54, 1.807) is 18.2 Å². The number of nitrogens with one attached hydrogen (secondary N) is 1. The van der Waals surface area contributed by atoms with E-state index in [-0.39, 0.29) is 5.56 Å². The monoisotopic (exact) mass is 317 g/mol. The first-order valence-electron chi connectivity index (χ1n) is 7.64. The van der Waals surface area contributed by atoms with Crippen LogP contribution < -0.4 is 11.3 Å². The van der Waals surface area contributed by atoms with Crippen molar-refractivity contribution in [2.45, 2.75) is 6.42 Å². The molecule has 0 atom stereocenters. The van der Waals surface area contributed by atoms with Crippen LogP contribution in [-0.4, -0.2) is 10.9 Å². The molecule has 4 nitrogen and oxygen atoms in total. The summed E-state index contributed by atoms with van der Waals surface area (Å²) < 4.78 is 0. The van der Waals surface area contributed by atoms with E-state index in [1.807, 2.05) is 55.0 Å². The third kappa shape index (κ3) is 3.60. The maximum atomic E-state index is 11.9. The van der Waals surface area contributed by atoms with Crippen molar-refractivity contribution in [2.75, 3.05) is 0 Å². The van der Waals surface area contributed by atoms with E-state index in [2.05, 4.69) is 4.98 Å². The molecule has 3 N–H and O–H groups in total. The molecule has 2 aromatic carbocycles. The van der Waals surface area contributed by atoms with Gasteiger partial charge >= 0.3 is 0 Å². The molecule has 24 heavy (non-hydrogen) atoms. The van der Waals surface area contributed by atoms with Crippen LogP contribution in [0.4, 0.5) is 0 Å². The molecule has 4 heteroatoms. The van der Waals surface area contributed by atoms with Crippen LogP contribution in [0.3, 0.4) is 0 Å². The first-order valence-corrected chi connectivity index (χ1v) is 7.64. The van der Waals surface area contributed by atoms with Gasteiger partial charge in [0.25, 0.3) is 0 Å². The van der Waals surface area contributed by atoms with Gasteiger partial charge in [-0.15, -0.1) is 0 Å². The van der Waals surface area contributed by atoms with E-state index in [0.29, 0.717) is 17.7 Å². The molecular formula is C20H17N2O2. The highest BCUT2D eigenvalue weighted by Gasteiger charge is 2.08. The van der Waals surface area contributed by atoms with Crippen LogP contribution in [0.25, 0.3) is 11.1 Å². The molecule has 0 aliphatic carbocycles. The SMILES string of the molecule is NC(=O)c1ccccc1C[CH]c1cc(-c2ccccc2)cc(=O)[nH]1. The van der Waals surface area contributed by atoms with Gasteiger partial charge in [0.05, 0.1) is 0 Å². The average Bonchev–Trinajstić information content (AvgIpc) is 2.60. The van der Waals surface area contributed by atoms with Crippen LogP contribution in [0.5, 0.6) is 0 Å². The van der Waals surface area contributed by atoms with Crippen molar-refractivity contribution >= 4 is 5.91 Å². The van der Waals surface area contributed by atoms with Gasteiger partial charge in [0.15, 0.2) is 0 Å². The molecule has 3 aromatic rings. The van der Waals surface area contributed by atoms with Crippen LogP contribution in [0, 0.1) is 6.42 Å². The van der Waals surface area contributed by atoms with Gasteiger partial charge in [0.2, 0.25) is 11.5 Å². The molecule has 1 aromatic heterocycles. The molecule has 119 valence electrons. The number of rotatable bonds is 5. The second kappa shape index (κ2) is 6.96. The van der Waals surface area contributed by atoms with Crippen molar-refractivity contribution in [1.29, 1.82) is 0 Å². The summed E-state index contributed by atoms with van der Waals surface area (Å²) in [6, 6.07) is 20.4. The van der Waals surface area contributed by atoms with E-state index in [1.165, 1.54) is 0 Å². The average molecular weight is 317 g/mol. The molecular weight excluding hydrogens is 300 g/mol. The highest BCUT2D eigenvalue weighted by Crippen LogP contribution is 2.19.